The molecule has 0 saturated carbocycles. The molecule has 0 aliphatic rings. The van der Waals surface area contributed by atoms with Gasteiger partial charge in [0.1, 0.15) is 13.2 Å². The maximum atomic E-state index is 11.9. The van der Waals surface area contributed by atoms with Crippen LogP contribution >= 0.6 is 0 Å². The van der Waals surface area contributed by atoms with Crippen molar-refractivity contribution in [1.82, 2.24) is 0 Å². The normalized spacial score (nSPS) is 11.3. The van der Waals surface area contributed by atoms with Crippen LogP contribution in [-0.4, -0.2) is 131 Å². The Kier molecular flexibility index (Phi) is 44.6. The van der Waals surface area contributed by atoms with Crippen molar-refractivity contribution in [3.8, 4) is 0 Å². The van der Waals surface area contributed by atoms with Gasteiger partial charge in [-0.25, -0.2) is 0 Å². The van der Waals surface area contributed by atoms with Gasteiger partial charge < -0.3 is 47.4 Å². The molecule has 0 saturated heterocycles. The lowest BCUT2D eigenvalue weighted by Gasteiger charge is -2.09. The number of ether oxygens (including phenoxy) is 10. The maximum absolute atomic E-state index is 11.9. The zero-order valence-corrected chi connectivity index (χ0v) is 33.4. The number of unbranched alkanes of at least 4 members (excludes halogenated alkanes) is 14. The van der Waals surface area contributed by atoms with Crippen molar-refractivity contribution in [3.05, 3.63) is 0 Å². The minimum atomic E-state index is -0.160. The van der Waals surface area contributed by atoms with Crippen molar-refractivity contribution < 1.29 is 57.0 Å². The molecule has 0 aromatic heterocycles. The Morgan fingerprint density at radius 1 is 0.269 bits per heavy atom. The number of esters is 2. The molecule has 0 aliphatic heterocycles. The number of hydrogen-bond donors (Lipinski definition) is 0. The predicted molar refractivity (Wildman–Crippen MR) is 203 cm³/mol. The minimum Gasteiger partial charge on any atom is -0.463 e. The molecule has 0 fully saturated rings. The average Bonchev–Trinajstić information content (AvgIpc) is 3.14. The summed E-state index contributed by atoms with van der Waals surface area (Å²) in [5.41, 5.74) is 0. The molecular weight excluding hydrogens is 672 g/mol. The number of rotatable bonds is 45. The molecular formula is C40H78O12. The smallest absolute Gasteiger partial charge is 0.305 e. The van der Waals surface area contributed by atoms with E-state index < -0.39 is 0 Å². The van der Waals surface area contributed by atoms with Crippen molar-refractivity contribution in [2.45, 2.75) is 129 Å². The summed E-state index contributed by atoms with van der Waals surface area (Å²) >= 11 is 0. The Hall–Kier alpha value is -1.38. The Morgan fingerprint density at radius 2 is 0.462 bits per heavy atom. The van der Waals surface area contributed by atoms with Crippen LogP contribution in [0.15, 0.2) is 0 Å². The Bertz CT molecular complexity index is 712. The molecule has 12 nitrogen and oxygen atoms in total. The van der Waals surface area contributed by atoms with Gasteiger partial charge in [0, 0.05) is 12.8 Å². The first kappa shape index (κ1) is 50.6. The first-order valence-corrected chi connectivity index (χ1v) is 20.6. The fourth-order valence-electron chi connectivity index (χ4n) is 5.02. The van der Waals surface area contributed by atoms with Gasteiger partial charge in [0.15, 0.2) is 0 Å². The fraction of sp³-hybridized carbons (Fsp3) is 0.950. The third-order valence-electron chi connectivity index (χ3n) is 8.05. The van der Waals surface area contributed by atoms with Crippen LogP contribution in [0.25, 0.3) is 0 Å². The van der Waals surface area contributed by atoms with Crippen molar-refractivity contribution in [1.29, 1.82) is 0 Å². The quantitative estimate of drug-likeness (QED) is 0.0459. The molecule has 0 rings (SSSR count). The first-order chi connectivity index (χ1) is 25.7. The molecule has 0 radical (unpaired) electrons. The second kappa shape index (κ2) is 45.8. The minimum absolute atomic E-state index is 0.134. The van der Waals surface area contributed by atoms with Gasteiger partial charge in [-0.3, -0.25) is 9.59 Å². The van der Waals surface area contributed by atoms with Crippen LogP contribution in [0.5, 0.6) is 0 Å². The van der Waals surface area contributed by atoms with Gasteiger partial charge in [-0.15, -0.1) is 0 Å². The zero-order valence-electron chi connectivity index (χ0n) is 33.4. The fourth-order valence-corrected chi connectivity index (χ4v) is 5.02. The lowest BCUT2D eigenvalue weighted by atomic mass is 10.0. The molecule has 0 amide bonds. The predicted octanol–water partition coefficient (Wildman–Crippen LogP) is 7.27. The number of hydrogen-bond acceptors (Lipinski definition) is 12. The lowest BCUT2D eigenvalue weighted by Crippen LogP contribution is -2.15. The first-order valence-electron chi connectivity index (χ1n) is 20.6. The van der Waals surface area contributed by atoms with Crippen molar-refractivity contribution in [3.63, 3.8) is 0 Å². The molecule has 0 unspecified atom stereocenters. The van der Waals surface area contributed by atoms with Gasteiger partial charge in [0.25, 0.3) is 0 Å². The molecule has 310 valence electrons. The topological polar surface area (TPSA) is 126 Å². The third kappa shape index (κ3) is 44.8. The summed E-state index contributed by atoms with van der Waals surface area (Å²) in [7, 11) is 0. The van der Waals surface area contributed by atoms with Crippen molar-refractivity contribution >= 4 is 11.9 Å². The SMILES string of the molecule is CCCCCCCCCCCCCCCC(=O)OCCOCCOCCOCCOCCOCCOCCOCCOCCOC(=O)CCCCC. The van der Waals surface area contributed by atoms with Gasteiger partial charge in [0.05, 0.1) is 106 Å². The van der Waals surface area contributed by atoms with Crippen LogP contribution in [0, 0.1) is 0 Å². The van der Waals surface area contributed by atoms with E-state index in [2.05, 4.69) is 13.8 Å². The number of carbonyl (C=O) groups excluding carboxylic acids is 2. The van der Waals surface area contributed by atoms with Crippen LogP contribution in [0.3, 0.4) is 0 Å². The Balaban J connectivity index is 3.15. The summed E-state index contributed by atoms with van der Waals surface area (Å²) < 4.78 is 54.1. The highest BCUT2D eigenvalue weighted by Crippen LogP contribution is 2.13. The molecule has 0 aromatic carbocycles. The molecule has 0 spiro atoms. The van der Waals surface area contributed by atoms with Gasteiger partial charge in [-0.1, -0.05) is 104 Å². The molecule has 0 N–H and O–H groups in total. The second-order valence-electron chi connectivity index (χ2n) is 12.8. The van der Waals surface area contributed by atoms with Gasteiger partial charge in [0.2, 0.25) is 0 Å². The summed E-state index contributed by atoms with van der Waals surface area (Å²) in [5.74, 6) is -0.293. The summed E-state index contributed by atoms with van der Waals surface area (Å²) in [4.78, 5) is 23.3. The molecule has 0 bridgehead atoms. The van der Waals surface area contributed by atoms with Crippen molar-refractivity contribution in [2.24, 2.45) is 0 Å². The summed E-state index contributed by atoms with van der Waals surface area (Å²) in [6.45, 7) is 12.4. The van der Waals surface area contributed by atoms with Crippen LogP contribution in [0.4, 0.5) is 0 Å². The van der Waals surface area contributed by atoms with E-state index in [-0.39, 0.29) is 25.2 Å². The van der Waals surface area contributed by atoms with Crippen LogP contribution in [0.1, 0.15) is 129 Å². The lowest BCUT2D eigenvalue weighted by molar-refractivity contribution is -0.146. The average molecular weight is 751 g/mol. The van der Waals surface area contributed by atoms with E-state index in [4.69, 9.17) is 47.4 Å². The van der Waals surface area contributed by atoms with Crippen LogP contribution in [0.2, 0.25) is 0 Å². The Labute approximate surface area is 316 Å². The molecule has 0 heterocycles. The summed E-state index contributed by atoms with van der Waals surface area (Å²) in [6, 6.07) is 0. The molecule has 12 heteroatoms. The van der Waals surface area contributed by atoms with Crippen LogP contribution in [-0.2, 0) is 57.0 Å². The largest absolute Gasteiger partial charge is 0.463 e. The molecule has 0 atom stereocenters. The van der Waals surface area contributed by atoms with Crippen LogP contribution < -0.4 is 0 Å². The van der Waals surface area contributed by atoms with E-state index in [1.54, 1.807) is 0 Å². The Morgan fingerprint density at radius 3 is 0.731 bits per heavy atom. The zero-order chi connectivity index (χ0) is 37.7. The van der Waals surface area contributed by atoms with Gasteiger partial charge in [-0.05, 0) is 12.8 Å². The maximum Gasteiger partial charge on any atom is 0.305 e. The van der Waals surface area contributed by atoms with E-state index in [0.717, 1.165) is 32.1 Å². The van der Waals surface area contributed by atoms with Gasteiger partial charge >= 0.3 is 11.9 Å². The molecule has 52 heavy (non-hydrogen) atoms. The highest BCUT2D eigenvalue weighted by Gasteiger charge is 2.04. The summed E-state index contributed by atoms with van der Waals surface area (Å²) in [6.07, 6.45) is 20.8. The molecule has 0 aromatic rings. The standard InChI is InChI=1S/C40H78O12/c1-3-5-7-8-9-10-11-12-13-14-15-16-18-20-40(42)52-38-36-50-34-32-48-30-28-46-26-24-44-22-21-43-23-25-45-27-29-47-31-33-49-35-37-51-39(41)19-17-6-4-2/h3-38H2,1-2H3. The van der Waals surface area contributed by atoms with E-state index in [9.17, 15) is 9.59 Å². The monoisotopic (exact) mass is 751 g/mol. The van der Waals surface area contributed by atoms with Crippen molar-refractivity contribution in [2.75, 3.05) is 119 Å². The van der Waals surface area contributed by atoms with E-state index in [1.807, 2.05) is 0 Å². The third-order valence-corrected chi connectivity index (χ3v) is 8.05. The van der Waals surface area contributed by atoms with E-state index >= 15 is 0 Å². The van der Waals surface area contributed by atoms with Gasteiger partial charge in [-0.2, -0.15) is 0 Å². The summed E-state index contributed by atoms with van der Waals surface area (Å²) in [5, 5.41) is 0. The second-order valence-corrected chi connectivity index (χ2v) is 12.8. The van der Waals surface area contributed by atoms with E-state index in [1.165, 1.54) is 70.6 Å². The number of carbonyl (C=O) groups is 2. The highest BCUT2D eigenvalue weighted by atomic mass is 16.6. The molecule has 0 aliphatic carbocycles. The van der Waals surface area contributed by atoms with E-state index in [0.29, 0.717) is 119 Å². The highest BCUT2D eigenvalue weighted by molar-refractivity contribution is 5.69.